The highest BCUT2D eigenvalue weighted by atomic mass is 16.5. The minimum atomic E-state index is 0.721. The van der Waals surface area contributed by atoms with Crippen molar-refractivity contribution in [1.82, 2.24) is 10.5 Å². The molecule has 0 saturated carbocycles. The minimum absolute atomic E-state index is 0.721. The maximum absolute atomic E-state index is 4.91. The first kappa shape index (κ1) is 9.00. The molecule has 1 aromatic rings. The van der Waals surface area contributed by atoms with Crippen LogP contribution in [0.1, 0.15) is 19.1 Å². The number of nitrogens with one attached hydrogen (secondary N) is 1. The Morgan fingerprint density at radius 1 is 1.75 bits per heavy atom. The van der Waals surface area contributed by atoms with Crippen molar-refractivity contribution in [2.24, 2.45) is 0 Å². The highest BCUT2D eigenvalue weighted by Crippen LogP contribution is 1.97. The van der Waals surface area contributed by atoms with E-state index in [4.69, 9.17) is 4.52 Å². The van der Waals surface area contributed by atoms with E-state index in [1.54, 1.807) is 6.20 Å². The highest BCUT2D eigenvalue weighted by Gasteiger charge is 1.95. The lowest BCUT2D eigenvalue weighted by atomic mass is 10.2. The van der Waals surface area contributed by atoms with Crippen LogP contribution in [0.4, 0.5) is 0 Å². The van der Waals surface area contributed by atoms with Gasteiger partial charge in [0.1, 0.15) is 5.76 Å². The molecule has 0 aromatic carbocycles. The van der Waals surface area contributed by atoms with Crippen molar-refractivity contribution in [1.29, 1.82) is 0 Å². The maximum Gasteiger partial charge on any atom is 0.150 e. The van der Waals surface area contributed by atoms with Crippen LogP contribution in [0.25, 0.3) is 0 Å². The molecular formula is C9H14N2O. The minimum Gasteiger partial charge on any atom is -0.360 e. The van der Waals surface area contributed by atoms with E-state index in [0.29, 0.717) is 0 Å². The van der Waals surface area contributed by atoms with Gasteiger partial charge in [-0.2, -0.15) is 0 Å². The summed E-state index contributed by atoms with van der Waals surface area (Å²) in [5, 5.41) is 6.81. The number of hydrogen-bond donors (Lipinski definition) is 1. The molecule has 0 radical (unpaired) electrons. The summed E-state index contributed by atoms with van der Waals surface area (Å²) in [5.41, 5.74) is 1.20. The van der Waals surface area contributed by atoms with Crippen molar-refractivity contribution in [3.05, 3.63) is 30.2 Å². The van der Waals surface area contributed by atoms with Gasteiger partial charge in [0, 0.05) is 12.6 Å². The molecule has 0 spiro atoms. The second kappa shape index (κ2) is 4.72. The Hall–Kier alpha value is -1.09. The molecule has 0 saturated heterocycles. The summed E-state index contributed by atoms with van der Waals surface area (Å²) in [6.45, 7) is 7.54. The molecule has 0 aliphatic rings. The van der Waals surface area contributed by atoms with Crippen LogP contribution in [0.2, 0.25) is 0 Å². The lowest BCUT2D eigenvalue weighted by molar-refractivity contribution is 0.375. The summed E-state index contributed by atoms with van der Waals surface area (Å²) in [7, 11) is 0. The Kier molecular flexibility index (Phi) is 3.54. The van der Waals surface area contributed by atoms with Crippen LogP contribution in [0.15, 0.2) is 28.9 Å². The van der Waals surface area contributed by atoms with E-state index in [9.17, 15) is 0 Å². The van der Waals surface area contributed by atoms with E-state index < -0.39 is 0 Å². The molecule has 66 valence electrons. The lowest BCUT2D eigenvalue weighted by Crippen LogP contribution is -2.15. The van der Waals surface area contributed by atoms with Crippen molar-refractivity contribution in [2.45, 2.75) is 19.9 Å². The molecule has 0 bridgehead atoms. The third-order valence-electron chi connectivity index (χ3n) is 1.67. The van der Waals surface area contributed by atoms with Crippen molar-refractivity contribution in [2.75, 3.05) is 6.54 Å². The van der Waals surface area contributed by atoms with Crippen LogP contribution < -0.4 is 5.32 Å². The van der Waals surface area contributed by atoms with Crippen LogP contribution in [0, 0.1) is 0 Å². The predicted octanol–water partition coefficient (Wildman–Crippen LogP) is 1.73. The summed E-state index contributed by atoms with van der Waals surface area (Å²) >= 11 is 0. The molecule has 0 amide bonds. The molecule has 1 heterocycles. The van der Waals surface area contributed by atoms with Gasteiger partial charge in [0.15, 0.2) is 0 Å². The zero-order valence-corrected chi connectivity index (χ0v) is 7.34. The van der Waals surface area contributed by atoms with Crippen molar-refractivity contribution < 1.29 is 4.52 Å². The normalized spacial score (nSPS) is 10.1. The number of hydrogen-bond acceptors (Lipinski definition) is 3. The van der Waals surface area contributed by atoms with E-state index in [-0.39, 0.29) is 0 Å². The molecule has 3 heteroatoms. The van der Waals surface area contributed by atoms with Gasteiger partial charge in [-0.25, -0.2) is 0 Å². The summed E-state index contributed by atoms with van der Waals surface area (Å²) in [6, 6.07) is 1.85. The first-order chi connectivity index (χ1) is 5.83. The molecule has 3 nitrogen and oxygen atoms in total. The zero-order valence-electron chi connectivity index (χ0n) is 7.34. The van der Waals surface area contributed by atoms with Gasteiger partial charge in [0.2, 0.25) is 0 Å². The van der Waals surface area contributed by atoms with Crippen molar-refractivity contribution >= 4 is 0 Å². The van der Waals surface area contributed by atoms with Crippen LogP contribution in [0.3, 0.4) is 0 Å². The Morgan fingerprint density at radius 2 is 2.58 bits per heavy atom. The number of aromatic nitrogens is 1. The molecular weight excluding hydrogens is 152 g/mol. The smallest absolute Gasteiger partial charge is 0.150 e. The SMILES string of the molecule is C=C(CC)CNCc1ccno1. The average Bonchev–Trinajstić information content (AvgIpc) is 2.57. The van der Waals surface area contributed by atoms with Gasteiger partial charge in [-0.15, -0.1) is 0 Å². The molecule has 1 rings (SSSR count). The first-order valence-corrected chi connectivity index (χ1v) is 4.10. The van der Waals surface area contributed by atoms with Crippen LogP contribution in [-0.2, 0) is 6.54 Å². The quantitative estimate of drug-likeness (QED) is 0.677. The van der Waals surface area contributed by atoms with E-state index in [2.05, 4.69) is 24.0 Å². The Labute approximate surface area is 72.4 Å². The predicted molar refractivity (Wildman–Crippen MR) is 47.6 cm³/mol. The monoisotopic (exact) mass is 166 g/mol. The first-order valence-electron chi connectivity index (χ1n) is 4.10. The molecule has 0 aliphatic heterocycles. The van der Waals surface area contributed by atoms with Gasteiger partial charge in [0.05, 0.1) is 12.7 Å². The molecule has 0 aliphatic carbocycles. The summed E-state index contributed by atoms with van der Waals surface area (Å²) in [5.74, 6) is 0.860. The standard InChI is InChI=1S/C9H14N2O/c1-3-8(2)6-10-7-9-4-5-11-12-9/h4-5,10H,2-3,6-7H2,1H3. The summed E-state index contributed by atoms with van der Waals surface area (Å²) in [4.78, 5) is 0. The van der Waals surface area contributed by atoms with Gasteiger partial charge in [0.25, 0.3) is 0 Å². The lowest BCUT2D eigenvalue weighted by Gasteiger charge is -2.02. The fourth-order valence-corrected chi connectivity index (χ4v) is 0.821. The van der Waals surface area contributed by atoms with Gasteiger partial charge >= 0.3 is 0 Å². The molecule has 12 heavy (non-hydrogen) atoms. The van der Waals surface area contributed by atoms with Gasteiger partial charge < -0.3 is 9.84 Å². The van der Waals surface area contributed by atoms with E-state index in [0.717, 1.165) is 25.3 Å². The van der Waals surface area contributed by atoms with Crippen LogP contribution >= 0.6 is 0 Å². The third kappa shape index (κ3) is 2.88. The molecule has 0 unspecified atom stereocenters. The second-order valence-corrected chi connectivity index (χ2v) is 2.69. The number of rotatable bonds is 5. The fourth-order valence-electron chi connectivity index (χ4n) is 0.821. The van der Waals surface area contributed by atoms with E-state index in [1.807, 2.05) is 6.07 Å². The third-order valence-corrected chi connectivity index (χ3v) is 1.67. The van der Waals surface area contributed by atoms with E-state index >= 15 is 0 Å². The fraction of sp³-hybridized carbons (Fsp3) is 0.444. The Morgan fingerprint density at radius 3 is 3.17 bits per heavy atom. The van der Waals surface area contributed by atoms with Gasteiger partial charge in [-0.1, -0.05) is 24.2 Å². The zero-order chi connectivity index (χ0) is 8.81. The average molecular weight is 166 g/mol. The van der Waals surface area contributed by atoms with Crippen LogP contribution in [-0.4, -0.2) is 11.7 Å². The second-order valence-electron chi connectivity index (χ2n) is 2.69. The topological polar surface area (TPSA) is 38.1 Å². The van der Waals surface area contributed by atoms with Crippen molar-refractivity contribution in [3.63, 3.8) is 0 Å². The van der Waals surface area contributed by atoms with Gasteiger partial charge in [-0.3, -0.25) is 0 Å². The number of nitrogens with zero attached hydrogens (tertiary/aromatic N) is 1. The highest BCUT2D eigenvalue weighted by molar-refractivity contribution is 4.97. The Balaban J connectivity index is 2.15. The van der Waals surface area contributed by atoms with E-state index in [1.165, 1.54) is 5.57 Å². The molecule has 0 atom stereocenters. The molecule has 1 N–H and O–H groups in total. The summed E-state index contributed by atoms with van der Waals surface area (Å²) in [6.07, 6.45) is 2.66. The van der Waals surface area contributed by atoms with Crippen molar-refractivity contribution in [3.8, 4) is 0 Å². The molecule has 0 fully saturated rings. The summed E-state index contributed by atoms with van der Waals surface area (Å²) < 4.78 is 4.91. The van der Waals surface area contributed by atoms with Crippen LogP contribution in [0.5, 0.6) is 0 Å². The van der Waals surface area contributed by atoms with Gasteiger partial charge in [-0.05, 0) is 6.42 Å². The maximum atomic E-state index is 4.91. The molecule has 1 aromatic heterocycles. The largest absolute Gasteiger partial charge is 0.360 e. The Bertz CT molecular complexity index is 229.